The van der Waals surface area contributed by atoms with Gasteiger partial charge < -0.3 is 14.6 Å². The van der Waals surface area contributed by atoms with Crippen LogP contribution < -0.4 is 15.8 Å². The Balaban J connectivity index is 1.27. The van der Waals surface area contributed by atoms with Crippen molar-refractivity contribution in [3.63, 3.8) is 0 Å². The fourth-order valence-corrected chi connectivity index (χ4v) is 3.59. The van der Waals surface area contributed by atoms with Crippen LogP contribution in [-0.2, 0) is 11.3 Å². The normalized spacial score (nSPS) is 16.4. The van der Waals surface area contributed by atoms with Gasteiger partial charge in [0.2, 0.25) is 5.91 Å². The molecule has 1 aliphatic heterocycles. The van der Waals surface area contributed by atoms with Crippen molar-refractivity contribution in [2.45, 2.75) is 25.8 Å². The summed E-state index contributed by atoms with van der Waals surface area (Å²) >= 11 is 0. The Hall–Kier alpha value is -3.49. The van der Waals surface area contributed by atoms with Gasteiger partial charge in [-0.1, -0.05) is 0 Å². The first-order valence-electron chi connectivity index (χ1n) is 10.1. The van der Waals surface area contributed by atoms with E-state index in [9.17, 15) is 9.59 Å². The molecule has 3 aromatic heterocycles. The molecule has 0 aliphatic carbocycles. The van der Waals surface area contributed by atoms with Crippen LogP contribution in [0.4, 0.5) is 5.82 Å². The molecule has 1 saturated heterocycles. The van der Waals surface area contributed by atoms with E-state index in [0.717, 1.165) is 25.2 Å². The predicted octanol–water partition coefficient (Wildman–Crippen LogP) is 1.72. The maximum atomic E-state index is 12.6. The minimum atomic E-state index is -0.133. The molecule has 3 aromatic rings. The first-order valence-corrected chi connectivity index (χ1v) is 10.1. The van der Waals surface area contributed by atoms with Crippen LogP contribution in [0.2, 0.25) is 0 Å². The van der Waals surface area contributed by atoms with Crippen LogP contribution in [-0.4, -0.2) is 45.5 Å². The number of carbonyl (C=O) groups excluding carboxylic acids is 1. The molecule has 0 aromatic carbocycles. The molecule has 1 N–H and O–H groups in total. The number of nitrogens with one attached hydrogen (secondary N) is 1. The zero-order chi connectivity index (χ0) is 20.8. The standard InChI is InChI=1S/C21H24N6O3/c28-20-7-1-11-23-27(20)13-4-10-22-21(29)16-5-2-12-26(15-16)19-9-8-17(24-25-19)18-6-3-14-30-18/h1,3,6-9,11,14,16H,2,4-5,10,12-13,15H2,(H,22,29). The van der Waals surface area contributed by atoms with E-state index in [-0.39, 0.29) is 17.4 Å². The molecule has 9 heteroatoms. The summed E-state index contributed by atoms with van der Waals surface area (Å²) < 4.78 is 6.75. The third-order valence-electron chi connectivity index (χ3n) is 5.17. The van der Waals surface area contributed by atoms with Gasteiger partial charge in [-0.3, -0.25) is 9.59 Å². The predicted molar refractivity (Wildman–Crippen MR) is 111 cm³/mol. The fourth-order valence-electron chi connectivity index (χ4n) is 3.59. The molecule has 0 radical (unpaired) electrons. The summed E-state index contributed by atoms with van der Waals surface area (Å²) in [5, 5.41) is 15.6. The third-order valence-corrected chi connectivity index (χ3v) is 5.17. The number of rotatable bonds is 7. The summed E-state index contributed by atoms with van der Waals surface area (Å²) in [6.07, 6.45) is 5.61. The number of hydrogen-bond acceptors (Lipinski definition) is 7. The summed E-state index contributed by atoms with van der Waals surface area (Å²) in [7, 11) is 0. The highest BCUT2D eigenvalue weighted by Crippen LogP contribution is 2.23. The van der Waals surface area contributed by atoms with Gasteiger partial charge in [0.05, 0.1) is 12.2 Å². The second kappa shape index (κ2) is 9.34. The quantitative estimate of drug-likeness (QED) is 0.593. The number of hydrogen-bond donors (Lipinski definition) is 1. The Bertz CT molecular complexity index is 1020. The summed E-state index contributed by atoms with van der Waals surface area (Å²) in [4.78, 5) is 26.3. The second-order valence-corrected chi connectivity index (χ2v) is 7.27. The molecule has 1 amide bonds. The average Bonchev–Trinajstić information content (AvgIpc) is 3.33. The largest absolute Gasteiger partial charge is 0.463 e. The monoisotopic (exact) mass is 408 g/mol. The molecular formula is C21H24N6O3. The minimum absolute atomic E-state index is 0.0354. The zero-order valence-corrected chi connectivity index (χ0v) is 16.6. The van der Waals surface area contributed by atoms with Gasteiger partial charge in [0, 0.05) is 38.4 Å². The van der Waals surface area contributed by atoms with Crippen molar-refractivity contribution in [3.05, 3.63) is 59.2 Å². The average molecular weight is 408 g/mol. The molecule has 0 bridgehead atoms. The van der Waals surface area contributed by atoms with Gasteiger partial charge in [-0.05, 0) is 49.6 Å². The van der Waals surface area contributed by atoms with Crippen LogP contribution in [0, 0.1) is 5.92 Å². The topological polar surface area (TPSA) is 106 Å². The van der Waals surface area contributed by atoms with Gasteiger partial charge in [-0.2, -0.15) is 5.10 Å². The number of aromatic nitrogens is 4. The molecule has 9 nitrogen and oxygen atoms in total. The number of piperidine rings is 1. The van der Waals surface area contributed by atoms with Gasteiger partial charge in [0.1, 0.15) is 5.69 Å². The van der Waals surface area contributed by atoms with E-state index < -0.39 is 0 Å². The molecule has 0 spiro atoms. The van der Waals surface area contributed by atoms with E-state index in [4.69, 9.17) is 4.42 Å². The molecule has 1 unspecified atom stereocenters. The van der Waals surface area contributed by atoms with Crippen LogP contribution in [0.5, 0.6) is 0 Å². The number of aryl methyl sites for hydroxylation is 1. The molecular weight excluding hydrogens is 384 g/mol. The number of nitrogens with zero attached hydrogens (tertiary/aromatic N) is 5. The van der Waals surface area contributed by atoms with Crippen LogP contribution in [0.3, 0.4) is 0 Å². The Kier molecular flexibility index (Phi) is 6.17. The lowest BCUT2D eigenvalue weighted by Crippen LogP contribution is -2.43. The van der Waals surface area contributed by atoms with Crippen LogP contribution in [0.1, 0.15) is 19.3 Å². The highest BCUT2D eigenvalue weighted by molar-refractivity contribution is 5.79. The zero-order valence-electron chi connectivity index (χ0n) is 16.6. The Morgan fingerprint density at radius 2 is 2.13 bits per heavy atom. The second-order valence-electron chi connectivity index (χ2n) is 7.27. The molecule has 156 valence electrons. The van der Waals surface area contributed by atoms with Crippen molar-refractivity contribution in [2.75, 3.05) is 24.5 Å². The Labute approximate surface area is 173 Å². The lowest BCUT2D eigenvalue weighted by molar-refractivity contribution is -0.125. The lowest BCUT2D eigenvalue weighted by atomic mass is 9.97. The number of amides is 1. The van der Waals surface area contributed by atoms with E-state index in [2.05, 4.69) is 25.5 Å². The van der Waals surface area contributed by atoms with Gasteiger partial charge >= 0.3 is 0 Å². The van der Waals surface area contributed by atoms with E-state index >= 15 is 0 Å². The van der Waals surface area contributed by atoms with E-state index in [0.29, 0.717) is 37.5 Å². The molecule has 4 heterocycles. The van der Waals surface area contributed by atoms with Crippen molar-refractivity contribution in [1.29, 1.82) is 0 Å². The maximum absolute atomic E-state index is 12.6. The van der Waals surface area contributed by atoms with Crippen LogP contribution in [0.15, 0.2) is 58.1 Å². The number of anilines is 1. The Morgan fingerprint density at radius 3 is 2.90 bits per heavy atom. The van der Waals surface area contributed by atoms with E-state index in [1.807, 2.05) is 24.3 Å². The highest BCUT2D eigenvalue weighted by atomic mass is 16.3. The molecule has 1 atom stereocenters. The van der Waals surface area contributed by atoms with Crippen molar-refractivity contribution in [1.82, 2.24) is 25.3 Å². The summed E-state index contributed by atoms with van der Waals surface area (Å²) in [6, 6.07) is 10.5. The van der Waals surface area contributed by atoms with Crippen LogP contribution >= 0.6 is 0 Å². The first kappa shape index (κ1) is 19.8. The van der Waals surface area contributed by atoms with Gasteiger partial charge in [0.15, 0.2) is 11.6 Å². The SMILES string of the molecule is O=C(NCCCn1ncccc1=O)C1CCCN(c2ccc(-c3ccco3)nn2)C1. The molecule has 30 heavy (non-hydrogen) atoms. The Morgan fingerprint density at radius 1 is 1.20 bits per heavy atom. The van der Waals surface area contributed by atoms with Crippen LogP contribution in [0.25, 0.3) is 11.5 Å². The maximum Gasteiger partial charge on any atom is 0.266 e. The van der Waals surface area contributed by atoms with Gasteiger partial charge in [-0.25, -0.2) is 4.68 Å². The summed E-state index contributed by atoms with van der Waals surface area (Å²) in [6.45, 7) is 2.45. The lowest BCUT2D eigenvalue weighted by Gasteiger charge is -2.32. The summed E-state index contributed by atoms with van der Waals surface area (Å²) in [5.74, 6) is 1.38. The first-order chi connectivity index (χ1) is 14.7. The molecule has 1 aliphatic rings. The number of furan rings is 1. The van der Waals surface area contributed by atoms with Gasteiger partial charge in [0.25, 0.3) is 5.56 Å². The molecule has 4 rings (SSSR count). The van der Waals surface area contributed by atoms with Crippen molar-refractivity contribution in [3.8, 4) is 11.5 Å². The minimum Gasteiger partial charge on any atom is -0.463 e. The number of carbonyl (C=O) groups is 1. The summed E-state index contributed by atoms with van der Waals surface area (Å²) in [5.41, 5.74) is 0.549. The molecule has 0 saturated carbocycles. The van der Waals surface area contributed by atoms with Crippen molar-refractivity contribution >= 4 is 11.7 Å². The van der Waals surface area contributed by atoms with Gasteiger partial charge in [-0.15, -0.1) is 10.2 Å². The highest BCUT2D eigenvalue weighted by Gasteiger charge is 2.26. The van der Waals surface area contributed by atoms with Crippen molar-refractivity contribution in [2.24, 2.45) is 5.92 Å². The third kappa shape index (κ3) is 4.73. The molecule has 1 fully saturated rings. The fraction of sp³-hybridized carbons (Fsp3) is 0.381. The smallest absolute Gasteiger partial charge is 0.266 e. The van der Waals surface area contributed by atoms with Crippen molar-refractivity contribution < 1.29 is 9.21 Å². The van der Waals surface area contributed by atoms with E-state index in [1.54, 1.807) is 18.5 Å². The van der Waals surface area contributed by atoms with E-state index in [1.165, 1.54) is 10.7 Å².